The number of amides is 2. The number of hydrogen-bond donors (Lipinski definition) is 3. The number of nitrogens with one attached hydrogen (secondary N) is 2. The number of hydrogen-bond acceptors (Lipinski definition) is 6. The number of nitrogens with zero attached hydrogens (tertiary/aromatic N) is 1. The number of nitriles is 1. The maximum absolute atomic E-state index is 12.4. The van der Waals surface area contributed by atoms with Crippen molar-refractivity contribution < 1.29 is 24.2 Å². The Kier molecular flexibility index (Phi) is 8.11. The van der Waals surface area contributed by atoms with Gasteiger partial charge in [-0.15, -0.1) is 0 Å². The summed E-state index contributed by atoms with van der Waals surface area (Å²) in [5.74, 6) is -0.332. The highest BCUT2D eigenvalue weighted by Gasteiger charge is 2.13. The zero-order valence-corrected chi connectivity index (χ0v) is 18.8. The molecule has 3 aromatic carbocycles. The summed E-state index contributed by atoms with van der Waals surface area (Å²) in [5.41, 5.74) is 1.28. The topological polar surface area (TPSA) is 121 Å². The van der Waals surface area contributed by atoms with Crippen molar-refractivity contribution >= 4 is 40.9 Å². The first-order chi connectivity index (χ1) is 16.4. The number of halogens is 1. The van der Waals surface area contributed by atoms with E-state index in [4.69, 9.17) is 21.1 Å². The average Bonchev–Trinajstić information content (AvgIpc) is 2.84. The van der Waals surface area contributed by atoms with E-state index >= 15 is 0 Å². The number of rotatable bonds is 8. The molecule has 0 aliphatic heterocycles. The fraction of sp³-hybridized carbons (Fsp3) is 0.0800. The molecule has 2 amide bonds. The van der Waals surface area contributed by atoms with Crippen molar-refractivity contribution in [1.29, 1.82) is 5.26 Å². The van der Waals surface area contributed by atoms with Gasteiger partial charge in [0, 0.05) is 5.69 Å². The molecule has 0 atom stereocenters. The number of carbonyl (C=O) groups excluding carboxylic acids is 2. The molecule has 0 fully saturated rings. The number of phenols is 1. The Balaban J connectivity index is 1.68. The second-order valence-corrected chi connectivity index (χ2v) is 7.31. The average molecular weight is 478 g/mol. The van der Waals surface area contributed by atoms with Crippen molar-refractivity contribution in [2.24, 2.45) is 0 Å². The van der Waals surface area contributed by atoms with Crippen LogP contribution >= 0.6 is 11.6 Å². The van der Waals surface area contributed by atoms with Crippen LogP contribution in [-0.2, 0) is 9.59 Å². The van der Waals surface area contributed by atoms with E-state index in [2.05, 4.69) is 10.6 Å². The number of phenolic OH excluding ortho intramolecular Hbond substituents is 1. The molecule has 8 nitrogen and oxygen atoms in total. The van der Waals surface area contributed by atoms with Gasteiger partial charge >= 0.3 is 0 Å². The largest absolute Gasteiger partial charge is 0.508 e. The molecule has 172 valence electrons. The van der Waals surface area contributed by atoms with Gasteiger partial charge in [-0.2, -0.15) is 5.26 Å². The quantitative estimate of drug-likeness (QED) is 0.247. The Bertz CT molecular complexity index is 1270. The molecular formula is C25H20ClN3O5. The predicted octanol–water partition coefficient (Wildman–Crippen LogP) is 4.62. The van der Waals surface area contributed by atoms with Crippen molar-refractivity contribution in [3.05, 3.63) is 82.9 Å². The molecule has 3 aromatic rings. The molecule has 0 radical (unpaired) electrons. The van der Waals surface area contributed by atoms with Gasteiger partial charge in [-0.05, 0) is 60.2 Å². The van der Waals surface area contributed by atoms with E-state index in [1.54, 1.807) is 42.5 Å². The van der Waals surface area contributed by atoms with Crippen molar-refractivity contribution in [2.75, 3.05) is 24.4 Å². The molecule has 0 aliphatic carbocycles. The summed E-state index contributed by atoms with van der Waals surface area (Å²) in [5, 5.41) is 24.4. The minimum absolute atomic E-state index is 0.0600. The summed E-state index contributed by atoms with van der Waals surface area (Å²) in [6.45, 7) is -0.282. The minimum atomic E-state index is -0.608. The van der Waals surface area contributed by atoms with E-state index in [9.17, 15) is 20.0 Å². The fourth-order valence-electron chi connectivity index (χ4n) is 2.84. The van der Waals surface area contributed by atoms with E-state index in [0.29, 0.717) is 33.5 Å². The standard InChI is InChI=1S/C25H20ClN3O5/c1-33-23-13-16(12-17(14-27)25(32)28-18-7-9-19(30)10-8-18)6-11-22(23)34-15-24(31)29-21-5-3-2-4-20(21)26/h2-13,30H,15H2,1H3,(H,28,32)(H,29,31)/b17-12+. The summed E-state index contributed by atoms with van der Waals surface area (Å²) >= 11 is 6.04. The third kappa shape index (κ3) is 6.51. The van der Waals surface area contributed by atoms with Crippen LogP contribution in [0.4, 0.5) is 11.4 Å². The predicted molar refractivity (Wildman–Crippen MR) is 129 cm³/mol. The number of methoxy groups -OCH3 is 1. The molecule has 3 N–H and O–H groups in total. The van der Waals surface area contributed by atoms with Gasteiger partial charge in [-0.3, -0.25) is 9.59 Å². The molecule has 0 saturated carbocycles. The maximum Gasteiger partial charge on any atom is 0.266 e. The summed E-state index contributed by atoms with van der Waals surface area (Å²) in [6.07, 6.45) is 1.39. The first-order valence-corrected chi connectivity index (χ1v) is 10.3. The minimum Gasteiger partial charge on any atom is -0.508 e. The van der Waals surface area contributed by atoms with Crippen LogP contribution in [0, 0.1) is 11.3 Å². The van der Waals surface area contributed by atoms with Gasteiger partial charge in [0.05, 0.1) is 17.8 Å². The SMILES string of the molecule is COc1cc(/C=C(\C#N)C(=O)Nc2ccc(O)cc2)ccc1OCC(=O)Nc1ccccc1Cl. The monoisotopic (exact) mass is 477 g/mol. The van der Waals surface area contributed by atoms with Crippen molar-refractivity contribution in [2.45, 2.75) is 0 Å². The third-order valence-corrected chi connectivity index (χ3v) is 4.83. The van der Waals surface area contributed by atoms with Crippen molar-refractivity contribution in [3.63, 3.8) is 0 Å². The first kappa shape index (κ1) is 24.2. The van der Waals surface area contributed by atoms with Gasteiger partial charge < -0.3 is 25.2 Å². The molecular weight excluding hydrogens is 458 g/mol. The summed E-state index contributed by atoms with van der Waals surface area (Å²) < 4.78 is 10.9. The second-order valence-electron chi connectivity index (χ2n) is 6.90. The third-order valence-electron chi connectivity index (χ3n) is 4.50. The smallest absolute Gasteiger partial charge is 0.266 e. The van der Waals surface area contributed by atoms with Crippen LogP contribution in [0.15, 0.2) is 72.3 Å². The molecule has 0 saturated heterocycles. The highest BCUT2D eigenvalue weighted by molar-refractivity contribution is 6.33. The van der Waals surface area contributed by atoms with Crippen molar-refractivity contribution in [3.8, 4) is 23.3 Å². The van der Waals surface area contributed by atoms with Gasteiger partial charge in [0.15, 0.2) is 18.1 Å². The normalized spacial score (nSPS) is 10.7. The van der Waals surface area contributed by atoms with E-state index in [0.717, 1.165) is 0 Å². The number of aromatic hydroxyl groups is 1. The summed E-state index contributed by atoms with van der Waals surface area (Å²) in [7, 11) is 1.43. The Hall–Kier alpha value is -4.48. The Morgan fingerprint density at radius 3 is 2.47 bits per heavy atom. The van der Waals surface area contributed by atoms with E-state index in [1.165, 1.54) is 37.5 Å². The van der Waals surface area contributed by atoms with Crippen LogP contribution in [0.1, 0.15) is 5.56 Å². The zero-order valence-electron chi connectivity index (χ0n) is 18.0. The van der Waals surface area contributed by atoms with Gasteiger partial charge in [-0.1, -0.05) is 29.8 Å². The summed E-state index contributed by atoms with van der Waals surface area (Å²) in [6, 6.07) is 19.3. The number of benzene rings is 3. The van der Waals surface area contributed by atoms with Crippen LogP contribution in [0.2, 0.25) is 5.02 Å². The maximum atomic E-state index is 12.4. The number of ether oxygens (including phenoxy) is 2. The lowest BCUT2D eigenvalue weighted by Crippen LogP contribution is -2.20. The van der Waals surface area contributed by atoms with Crippen LogP contribution in [0.5, 0.6) is 17.2 Å². The van der Waals surface area contributed by atoms with E-state index < -0.39 is 11.8 Å². The zero-order chi connectivity index (χ0) is 24.5. The molecule has 34 heavy (non-hydrogen) atoms. The van der Waals surface area contributed by atoms with Gasteiger partial charge in [0.25, 0.3) is 11.8 Å². The van der Waals surface area contributed by atoms with Crippen LogP contribution < -0.4 is 20.1 Å². The fourth-order valence-corrected chi connectivity index (χ4v) is 3.03. The Morgan fingerprint density at radius 1 is 1.06 bits per heavy atom. The molecule has 3 rings (SSSR count). The highest BCUT2D eigenvalue weighted by atomic mass is 35.5. The van der Waals surface area contributed by atoms with Gasteiger partial charge in [-0.25, -0.2) is 0 Å². The van der Waals surface area contributed by atoms with Gasteiger partial charge in [0.1, 0.15) is 17.4 Å². The van der Waals surface area contributed by atoms with Crippen molar-refractivity contribution in [1.82, 2.24) is 0 Å². The molecule has 0 unspecified atom stereocenters. The molecule has 0 aliphatic rings. The first-order valence-electron chi connectivity index (χ1n) is 9.97. The molecule has 9 heteroatoms. The molecule has 0 aromatic heterocycles. The Morgan fingerprint density at radius 2 is 1.79 bits per heavy atom. The molecule has 0 spiro atoms. The number of anilines is 2. The van der Waals surface area contributed by atoms with Gasteiger partial charge in [0.2, 0.25) is 0 Å². The number of para-hydroxylation sites is 1. The van der Waals surface area contributed by atoms with Crippen LogP contribution in [0.25, 0.3) is 6.08 Å². The Labute approximate surface area is 201 Å². The summed E-state index contributed by atoms with van der Waals surface area (Å²) in [4.78, 5) is 24.6. The lowest BCUT2D eigenvalue weighted by molar-refractivity contribution is -0.118. The highest BCUT2D eigenvalue weighted by Crippen LogP contribution is 2.29. The second kappa shape index (κ2) is 11.4. The lowest BCUT2D eigenvalue weighted by atomic mass is 10.1. The number of carbonyl (C=O) groups is 2. The lowest BCUT2D eigenvalue weighted by Gasteiger charge is -2.12. The molecule has 0 heterocycles. The van der Waals surface area contributed by atoms with Crippen LogP contribution in [-0.4, -0.2) is 30.6 Å². The molecule has 0 bridgehead atoms. The van der Waals surface area contributed by atoms with E-state index in [1.807, 2.05) is 6.07 Å². The van der Waals surface area contributed by atoms with E-state index in [-0.39, 0.29) is 17.9 Å². The van der Waals surface area contributed by atoms with Crippen LogP contribution in [0.3, 0.4) is 0 Å².